The maximum atomic E-state index is 9.13. The van der Waals surface area contributed by atoms with Crippen molar-refractivity contribution in [3.63, 3.8) is 0 Å². The van der Waals surface area contributed by atoms with E-state index in [1.807, 2.05) is 6.92 Å². The van der Waals surface area contributed by atoms with Gasteiger partial charge in [0.15, 0.2) is 0 Å². The van der Waals surface area contributed by atoms with Crippen LogP contribution in [-0.4, -0.2) is 28.7 Å². The Hall–Kier alpha value is -0.170. The minimum atomic E-state index is -5.17. The van der Waals surface area contributed by atoms with Gasteiger partial charge in [-0.3, -0.25) is 8.42 Å². The fraction of sp³-hybridized carbons (Fsp3) is 1.00. The second kappa shape index (κ2) is 18.2. The molecule has 1 atom stereocenters. The SMILES string of the molecule is CCCCCCCCCCCCCCCC(C)O.O=S(=O)([O-])[O-]. The molecule has 0 saturated heterocycles. The predicted octanol–water partition coefficient (Wildman–Crippen LogP) is 4.51. The highest BCUT2D eigenvalue weighted by Gasteiger charge is 1.96. The van der Waals surface area contributed by atoms with E-state index in [1.165, 1.54) is 83.5 Å². The molecule has 0 saturated carbocycles. The van der Waals surface area contributed by atoms with Gasteiger partial charge in [0.2, 0.25) is 0 Å². The van der Waals surface area contributed by atoms with Gasteiger partial charge in [-0.2, -0.15) is 0 Å². The third-order valence-electron chi connectivity index (χ3n) is 3.73. The van der Waals surface area contributed by atoms with Crippen molar-refractivity contribution < 1.29 is 22.6 Å². The molecule has 23 heavy (non-hydrogen) atoms. The van der Waals surface area contributed by atoms with Crippen molar-refractivity contribution in [2.24, 2.45) is 0 Å². The average molecular weight is 353 g/mol. The first-order valence-corrected chi connectivity index (χ1v) is 10.5. The second-order valence-corrected chi connectivity index (χ2v) is 7.11. The van der Waals surface area contributed by atoms with E-state index < -0.39 is 10.4 Å². The summed E-state index contributed by atoms with van der Waals surface area (Å²) in [6.45, 7) is 4.17. The Morgan fingerprint density at radius 3 is 1.26 bits per heavy atom. The second-order valence-electron chi connectivity index (χ2n) is 6.29. The molecule has 0 radical (unpaired) electrons. The van der Waals surface area contributed by atoms with Crippen molar-refractivity contribution in [1.29, 1.82) is 0 Å². The number of hydrogen-bond donors (Lipinski definition) is 1. The molecule has 0 spiro atoms. The Kier molecular flexibility index (Phi) is 19.8. The zero-order valence-corrected chi connectivity index (χ0v) is 15.8. The van der Waals surface area contributed by atoms with Crippen LogP contribution in [0, 0.1) is 0 Å². The first-order chi connectivity index (χ1) is 10.8. The van der Waals surface area contributed by atoms with Crippen LogP contribution >= 0.6 is 0 Å². The Bertz CT molecular complexity index is 307. The van der Waals surface area contributed by atoms with Gasteiger partial charge in [0.1, 0.15) is 0 Å². The van der Waals surface area contributed by atoms with Crippen molar-refractivity contribution in [3.05, 3.63) is 0 Å². The lowest BCUT2D eigenvalue weighted by Gasteiger charge is -2.06. The highest BCUT2D eigenvalue weighted by Crippen LogP contribution is 2.13. The van der Waals surface area contributed by atoms with Crippen molar-refractivity contribution in [1.82, 2.24) is 0 Å². The van der Waals surface area contributed by atoms with E-state index in [2.05, 4.69) is 6.92 Å². The fourth-order valence-corrected chi connectivity index (χ4v) is 2.46. The largest absolute Gasteiger partial charge is 0.759 e. The standard InChI is InChI=1S/C17H36O.H2O4S/c1-3-4-5-6-7-8-9-10-11-12-13-14-15-16-17(2)18;1-5(2,3)4/h17-18H,3-16H2,1-2H3;(H2,1,2,3,4)/p-2. The molecule has 0 fully saturated rings. The summed E-state index contributed by atoms with van der Waals surface area (Å²) in [5, 5.41) is 9.13. The van der Waals surface area contributed by atoms with E-state index in [1.54, 1.807) is 0 Å². The Morgan fingerprint density at radius 1 is 0.739 bits per heavy atom. The van der Waals surface area contributed by atoms with Crippen molar-refractivity contribution in [2.75, 3.05) is 0 Å². The number of unbranched alkanes of at least 4 members (excludes halogenated alkanes) is 12. The quantitative estimate of drug-likeness (QED) is 0.281. The first kappa shape index (κ1) is 25.1. The summed E-state index contributed by atoms with van der Waals surface area (Å²) < 4.78 is 34.1. The van der Waals surface area contributed by atoms with E-state index in [-0.39, 0.29) is 6.10 Å². The molecule has 1 unspecified atom stereocenters. The van der Waals surface area contributed by atoms with Crippen molar-refractivity contribution in [3.8, 4) is 0 Å². The molecule has 0 aromatic heterocycles. The first-order valence-electron chi connectivity index (χ1n) is 9.12. The fourth-order valence-electron chi connectivity index (χ4n) is 2.46. The van der Waals surface area contributed by atoms with E-state index in [4.69, 9.17) is 22.6 Å². The molecule has 0 aromatic carbocycles. The van der Waals surface area contributed by atoms with Gasteiger partial charge >= 0.3 is 0 Å². The minimum absolute atomic E-state index is 0.0993. The molecule has 0 aliphatic heterocycles. The van der Waals surface area contributed by atoms with Crippen LogP contribution in [0.3, 0.4) is 0 Å². The molecule has 6 heteroatoms. The maximum Gasteiger partial charge on any atom is 0.0512 e. The summed E-state index contributed by atoms with van der Waals surface area (Å²) in [7, 11) is -5.17. The minimum Gasteiger partial charge on any atom is -0.759 e. The maximum absolute atomic E-state index is 9.13. The van der Waals surface area contributed by atoms with Crippen LogP contribution in [0.2, 0.25) is 0 Å². The van der Waals surface area contributed by atoms with Gasteiger partial charge in [-0.05, 0) is 13.3 Å². The molecule has 0 aromatic rings. The summed E-state index contributed by atoms with van der Waals surface area (Å²) in [6, 6.07) is 0. The van der Waals surface area contributed by atoms with E-state index in [9.17, 15) is 0 Å². The monoisotopic (exact) mass is 352 g/mol. The highest BCUT2D eigenvalue weighted by molar-refractivity contribution is 7.79. The summed E-state index contributed by atoms with van der Waals surface area (Å²) in [5.41, 5.74) is 0. The van der Waals surface area contributed by atoms with E-state index >= 15 is 0 Å². The van der Waals surface area contributed by atoms with Crippen LogP contribution in [0.4, 0.5) is 0 Å². The third-order valence-corrected chi connectivity index (χ3v) is 3.73. The number of hydrogen-bond acceptors (Lipinski definition) is 5. The molecule has 0 aliphatic rings. The van der Waals surface area contributed by atoms with Crippen LogP contribution in [-0.2, 0) is 10.4 Å². The number of rotatable bonds is 14. The highest BCUT2D eigenvalue weighted by atomic mass is 32.3. The lowest BCUT2D eigenvalue weighted by molar-refractivity contribution is 0.180. The van der Waals surface area contributed by atoms with Gasteiger partial charge in [-0.15, -0.1) is 0 Å². The van der Waals surface area contributed by atoms with Gasteiger partial charge in [0, 0.05) is 10.4 Å². The Morgan fingerprint density at radius 2 is 1.00 bits per heavy atom. The Labute approximate surface area is 143 Å². The average Bonchev–Trinajstić information content (AvgIpc) is 2.42. The Balaban J connectivity index is 0. The van der Waals surface area contributed by atoms with Crippen LogP contribution in [0.5, 0.6) is 0 Å². The molecule has 0 amide bonds. The molecule has 0 bridgehead atoms. The third kappa shape index (κ3) is 39.0. The van der Waals surface area contributed by atoms with Gasteiger partial charge in [0.25, 0.3) is 0 Å². The molecule has 0 heterocycles. The smallest absolute Gasteiger partial charge is 0.0512 e. The van der Waals surface area contributed by atoms with Gasteiger partial charge in [-0.25, -0.2) is 0 Å². The van der Waals surface area contributed by atoms with Gasteiger partial charge in [-0.1, -0.05) is 90.4 Å². The molecule has 0 aliphatic carbocycles. The zero-order valence-electron chi connectivity index (χ0n) is 15.0. The number of aliphatic hydroxyl groups excluding tert-OH is 1. The normalized spacial score (nSPS) is 12.6. The number of aliphatic hydroxyl groups is 1. The lowest BCUT2D eigenvalue weighted by atomic mass is 10.0. The van der Waals surface area contributed by atoms with Gasteiger partial charge < -0.3 is 14.2 Å². The molecular formula is C17H36O5S-2. The molecule has 5 nitrogen and oxygen atoms in total. The van der Waals surface area contributed by atoms with E-state index in [0.717, 1.165) is 6.42 Å². The molecule has 142 valence electrons. The van der Waals surface area contributed by atoms with Crippen LogP contribution in [0.15, 0.2) is 0 Å². The van der Waals surface area contributed by atoms with E-state index in [0.29, 0.717) is 0 Å². The van der Waals surface area contributed by atoms with Crippen LogP contribution in [0.1, 0.15) is 104 Å². The summed E-state index contributed by atoms with van der Waals surface area (Å²) in [6.07, 6.45) is 19.0. The van der Waals surface area contributed by atoms with Gasteiger partial charge in [0.05, 0.1) is 6.10 Å². The predicted molar refractivity (Wildman–Crippen MR) is 92.5 cm³/mol. The van der Waals surface area contributed by atoms with Crippen LogP contribution in [0.25, 0.3) is 0 Å². The molecular weight excluding hydrogens is 316 g/mol. The van der Waals surface area contributed by atoms with Crippen molar-refractivity contribution in [2.45, 2.75) is 110 Å². The van der Waals surface area contributed by atoms with Crippen molar-refractivity contribution >= 4 is 10.4 Å². The summed E-state index contributed by atoms with van der Waals surface area (Å²) in [5.74, 6) is 0. The summed E-state index contributed by atoms with van der Waals surface area (Å²) >= 11 is 0. The molecule has 0 rings (SSSR count). The topological polar surface area (TPSA) is 100 Å². The summed E-state index contributed by atoms with van der Waals surface area (Å²) in [4.78, 5) is 0. The lowest BCUT2D eigenvalue weighted by Crippen LogP contribution is -1.98. The zero-order chi connectivity index (χ0) is 18.0. The molecule has 1 N–H and O–H groups in total. The van der Waals surface area contributed by atoms with Crippen LogP contribution < -0.4 is 0 Å².